The molecule has 8 nitrogen and oxygen atoms in total. The van der Waals surface area contributed by atoms with Crippen molar-refractivity contribution in [2.75, 3.05) is 16.3 Å². The molecule has 0 saturated carbocycles. The average molecular weight is 355 g/mol. The van der Waals surface area contributed by atoms with Crippen LogP contribution in [0.1, 0.15) is 18.5 Å². The van der Waals surface area contributed by atoms with Crippen molar-refractivity contribution in [1.29, 1.82) is 0 Å². The van der Waals surface area contributed by atoms with E-state index in [1.165, 1.54) is 0 Å². The van der Waals surface area contributed by atoms with Crippen molar-refractivity contribution in [2.24, 2.45) is 11.7 Å². The number of anilines is 2. The van der Waals surface area contributed by atoms with Crippen molar-refractivity contribution in [3.63, 3.8) is 0 Å². The SMILES string of the molecule is CC(C(=O)Nc1nnc(NS(C)(=O)=O)s1)C(N)c1ccccc1. The summed E-state index contributed by atoms with van der Waals surface area (Å²) in [5.74, 6) is -0.809. The summed E-state index contributed by atoms with van der Waals surface area (Å²) in [4.78, 5) is 12.2. The first-order valence-electron chi connectivity index (χ1n) is 6.69. The molecule has 0 aliphatic rings. The van der Waals surface area contributed by atoms with E-state index < -0.39 is 22.0 Å². The zero-order chi connectivity index (χ0) is 17.0. The maximum absolute atomic E-state index is 12.2. The molecule has 0 aliphatic heterocycles. The highest BCUT2D eigenvalue weighted by molar-refractivity contribution is 7.92. The molecule has 0 radical (unpaired) electrons. The summed E-state index contributed by atoms with van der Waals surface area (Å²) in [6, 6.07) is 8.83. The van der Waals surface area contributed by atoms with Gasteiger partial charge in [-0.2, -0.15) is 0 Å². The van der Waals surface area contributed by atoms with Crippen molar-refractivity contribution in [3.05, 3.63) is 35.9 Å². The molecule has 0 saturated heterocycles. The summed E-state index contributed by atoms with van der Waals surface area (Å²) >= 11 is 0.928. The minimum absolute atomic E-state index is 0.0859. The summed E-state index contributed by atoms with van der Waals surface area (Å²) in [6.07, 6.45) is 1.01. The Kier molecular flexibility index (Phi) is 5.29. The lowest BCUT2D eigenvalue weighted by atomic mass is 9.95. The molecule has 0 aliphatic carbocycles. The third kappa shape index (κ3) is 4.98. The van der Waals surface area contributed by atoms with Gasteiger partial charge in [0.05, 0.1) is 12.2 Å². The van der Waals surface area contributed by atoms with Gasteiger partial charge in [0.15, 0.2) is 0 Å². The Morgan fingerprint density at radius 3 is 2.43 bits per heavy atom. The first-order valence-corrected chi connectivity index (χ1v) is 9.40. The van der Waals surface area contributed by atoms with E-state index in [1.54, 1.807) is 6.92 Å². The highest BCUT2D eigenvalue weighted by Gasteiger charge is 2.23. The molecule has 2 rings (SSSR count). The smallest absolute Gasteiger partial charge is 0.231 e. The van der Waals surface area contributed by atoms with E-state index in [1.807, 2.05) is 30.3 Å². The third-order valence-corrected chi connectivity index (χ3v) is 4.51. The second kappa shape index (κ2) is 7.02. The number of carbonyl (C=O) groups is 1. The number of aromatic nitrogens is 2. The number of benzene rings is 1. The Bertz CT molecular complexity index is 776. The molecule has 2 atom stereocenters. The predicted octanol–water partition coefficient (Wildman–Crippen LogP) is 1.18. The van der Waals surface area contributed by atoms with Gasteiger partial charge in [0.25, 0.3) is 0 Å². The average Bonchev–Trinajstić information content (AvgIpc) is 2.91. The molecule has 2 aromatic rings. The number of carbonyl (C=O) groups excluding carboxylic acids is 1. The number of hydrogen-bond donors (Lipinski definition) is 3. The van der Waals surface area contributed by atoms with E-state index in [0.29, 0.717) is 0 Å². The van der Waals surface area contributed by atoms with Gasteiger partial charge in [0.2, 0.25) is 26.2 Å². The maximum atomic E-state index is 12.2. The molecule has 23 heavy (non-hydrogen) atoms. The van der Waals surface area contributed by atoms with Gasteiger partial charge in [0, 0.05) is 6.04 Å². The van der Waals surface area contributed by atoms with Crippen LogP contribution in [-0.4, -0.2) is 30.8 Å². The van der Waals surface area contributed by atoms with E-state index >= 15 is 0 Å². The number of rotatable bonds is 6. The highest BCUT2D eigenvalue weighted by Crippen LogP contribution is 2.24. The summed E-state index contributed by atoms with van der Waals surface area (Å²) in [6.45, 7) is 1.71. The molecule has 10 heteroatoms. The number of amides is 1. The van der Waals surface area contributed by atoms with Crippen molar-refractivity contribution >= 4 is 37.5 Å². The first kappa shape index (κ1) is 17.3. The number of hydrogen-bond acceptors (Lipinski definition) is 7. The molecular weight excluding hydrogens is 338 g/mol. The van der Waals surface area contributed by atoms with Crippen LogP contribution in [0.25, 0.3) is 0 Å². The molecule has 2 unspecified atom stereocenters. The summed E-state index contributed by atoms with van der Waals surface area (Å²) < 4.78 is 24.4. The summed E-state index contributed by atoms with van der Waals surface area (Å²) in [5.41, 5.74) is 6.95. The van der Waals surface area contributed by atoms with Crippen LogP contribution in [0.2, 0.25) is 0 Å². The molecule has 1 heterocycles. The van der Waals surface area contributed by atoms with E-state index in [-0.39, 0.29) is 16.2 Å². The summed E-state index contributed by atoms with van der Waals surface area (Å²) in [7, 11) is -3.43. The number of nitrogens with zero attached hydrogens (tertiary/aromatic N) is 2. The van der Waals surface area contributed by atoms with Crippen LogP contribution in [0.5, 0.6) is 0 Å². The van der Waals surface area contributed by atoms with Gasteiger partial charge >= 0.3 is 0 Å². The largest absolute Gasteiger partial charge is 0.323 e. The van der Waals surface area contributed by atoms with Crippen LogP contribution < -0.4 is 15.8 Å². The maximum Gasteiger partial charge on any atom is 0.231 e. The Balaban J connectivity index is 2.01. The lowest BCUT2D eigenvalue weighted by Crippen LogP contribution is -2.30. The fourth-order valence-corrected chi connectivity index (χ4v) is 3.30. The zero-order valence-electron chi connectivity index (χ0n) is 12.6. The lowest BCUT2D eigenvalue weighted by Gasteiger charge is -2.18. The standard InChI is InChI=1S/C13H17N5O3S2/c1-8(10(14)9-6-4-3-5-7-9)11(19)15-12-16-17-13(22-12)18-23(2,20)21/h3-8,10H,14H2,1-2H3,(H,17,18)(H,15,16,19). The second-order valence-electron chi connectivity index (χ2n) is 5.00. The normalized spacial score (nSPS) is 14.0. The fourth-order valence-electron chi connectivity index (χ4n) is 1.82. The highest BCUT2D eigenvalue weighted by atomic mass is 32.2. The number of nitrogens with two attached hydrogens (primary N) is 1. The second-order valence-corrected chi connectivity index (χ2v) is 7.73. The molecule has 4 N–H and O–H groups in total. The topological polar surface area (TPSA) is 127 Å². The van der Waals surface area contributed by atoms with Gasteiger partial charge in [-0.15, -0.1) is 10.2 Å². The Morgan fingerprint density at radius 2 is 1.83 bits per heavy atom. The lowest BCUT2D eigenvalue weighted by molar-refractivity contribution is -0.120. The van der Waals surface area contributed by atoms with Crippen LogP contribution in [-0.2, 0) is 14.8 Å². The molecule has 1 aromatic heterocycles. The quantitative estimate of drug-likeness (QED) is 0.714. The monoisotopic (exact) mass is 355 g/mol. The molecule has 124 valence electrons. The predicted molar refractivity (Wildman–Crippen MR) is 89.5 cm³/mol. The van der Waals surface area contributed by atoms with Crippen molar-refractivity contribution in [2.45, 2.75) is 13.0 Å². The Labute approximate surface area is 138 Å². The number of sulfonamides is 1. The fraction of sp³-hybridized carbons (Fsp3) is 0.308. The summed E-state index contributed by atoms with van der Waals surface area (Å²) in [5, 5.41) is 10.3. The van der Waals surface area contributed by atoms with Crippen LogP contribution in [0, 0.1) is 5.92 Å². The molecule has 1 aromatic carbocycles. The minimum atomic E-state index is -3.43. The van der Waals surface area contributed by atoms with Gasteiger partial charge < -0.3 is 11.1 Å². The number of nitrogens with one attached hydrogen (secondary N) is 2. The van der Waals surface area contributed by atoms with E-state index in [2.05, 4.69) is 20.2 Å². The van der Waals surface area contributed by atoms with Crippen LogP contribution >= 0.6 is 11.3 Å². The Morgan fingerprint density at radius 1 is 1.22 bits per heavy atom. The molecule has 0 bridgehead atoms. The van der Waals surface area contributed by atoms with Crippen molar-refractivity contribution < 1.29 is 13.2 Å². The molecular formula is C13H17N5O3S2. The van der Waals surface area contributed by atoms with Gasteiger partial charge in [-0.05, 0) is 5.56 Å². The van der Waals surface area contributed by atoms with Crippen LogP contribution in [0.15, 0.2) is 30.3 Å². The van der Waals surface area contributed by atoms with Crippen LogP contribution in [0.4, 0.5) is 10.3 Å². The van der Waals surface area contributed by atoms with E-state index in [9.17, 15) is 13.2 Å². The van der Waals surface area contributed by atoms with Gasteiger partial charge in [-0.25, -0.2) is 8.42 Å². The van der Waals surface area contributed by atoms with Crippen molar-refractivity contribution in [1.82, 2.24) is 10.2 Å². The van der Waals surface area contributed by atoms with Gasteiger partial charge in [0.1, 0.15) is 0 Å². The minimum Gasteiger partial charge on any atom is -0.323 e. The first-order chi connectivity index (χ1) is 10.8. The van der Waals surface area contributed by atoms with Gasteiger partial charge in [-0.3, -0.25) is 9.52 Å². The molecule has 1 amide bonds. The molecule has 0 fully saturated rings. The van der Waals surface area contributed by atoms with Crippen molar-refractivity contribution in [3.8, 4) is 0 Å². The van der Waals surface area contributed by atoms with E-state index in [4.69, 9.17) is 5.73 Å². The van der Waals surface area contributed by atoms with Gasteiger partial charge in [-0.1, -0.05) is 48.6 Å². The zero-order valence-corrected chi connectivity index (χ0v) is 14.2. The van der Waals surface area contributed by atoms with Crippen LogP contribution in [0.3, 0.4) is 0 Å². The van der Waals surface area contributed by atoms with E-state index in [0.717, 1.165) is 23.2 Å². The Hall–Kier alpha value is -2.04. The third-order valence-electron chi connectivity index (χ3n) is 3.06. The molecule has 0 spiro atoms.